The molecule has 1 N–H and O–H groups in total. The van der Waals surface area contributed by atoms with E-state index < -0.39 is 16.6 Å². The molecule has 3 atom stereocenters. The van der Waals surface area contributed by atoms with Gasteiger partial charge in [0.15, 0.2) is 0 Å². The number of piperidine rings is 1. The van der Waals surface area contributed by atoms with Crippen LogP contribution in [0.1, 0.15) is 67.7 Å². The summed E-state index contributed by atoms with van der Waals surface area (Å²) in [5, 5.41) is 0. The minimum Gasteiger partial charge on any atom is -0.444 e. The number of nitrogens with zero attached hydrogens (tertiary/aromatic N) is 1. The molecule has 0 saturated carbocycles. The van der Waals surface area contributed by atoms with Crippen LogP contribution in [0.15, 0.2) is 0 Å². The van der Waals surface area contributed by atoms with Crippen molar-refractivity contribution in [2.45, 2.75) is 90.2 Å². The predicted molar refractivity (Wildman–Crippen MR) is 104 cm³/mol. The summed E-state index contributed by atoms with van der Waals surface area (Å²) in [4.78, 5) is 14.1. The topological polar surface area (TPSA) is 67.9 Å². The molecule has 2 aliphatic heterocycles. The zero-order valence-corrected chi connectivity index (χ0v) is 18.2. The minimum atomic E-state index is -1.13. The zero-order valence-electron chi connectivity index (χ0n) is 17.4. The Morgan fingerprint density at radius 2 is 1.85 bits per heavy atom. The number of hydrogen-bond acceptors (Lipinski definition) is 4. The van der Waals surface area contributed by atoms with Crippen molar-refractivity contribution in [2.75, 3.05) is 19.7 Å². The third-order valence-electron chi connectivity index (χ3n) is 5.76. The molecule has 3 unspecified atom stereocenters. The summed E-state index contributed by atoms with van der Waals surface area (Å²) in [7, 11) is -1.13. The molecule has 2 heterocycles. The van der Waals surface area contributed by atoms with Crippen LogP contribution in [0.2, 0.25) is 0 Å². The summed E-state index contributed by atoms with van der Waals surface area (Å²) < 4.78 is 27.4. The number of hydrogen-bond donors (Lipinski definition) is 1. The highest BCUT2D eigenvalue weighted by molar-refractivity contribution is 7.84. The highest BCUT2D eigenvalue weighted by atomic mass is 32.2. The molecule has 0 aromatic rings. The number of nitrogens with one attached hydrogen (secondary N) is 1. The van der Waals surface area contributed by atoms with E-state index in [9.17, 15) is 9.00 Å². The molecule has 6 nitrogen and oxygen atoms in total. The number of likely N-dealkylation sites (tertiary alicyclic amines) is 1. The molecular weight excluding hydrogens is 352 g/mol. The molecule has 2 saturated heterocycles. The van der Waals surface area contributed by atoms with Crippen LogP contribution in [0.25, 0.3) is 0 Å². The molecule has 2 fully saturated rings. The van der Waals surface area contributed by atoms with Crippen LogP contribution in [-0.4, -0.2) is 57.4 Å². The van der Waals surface area contributed by atoms with Crippen molar-refractivity contribution < 1.29 is 18.5 Å². The van der Waals surface area contributed by atoms with Crippen LogP contribution in [-0.2, 0) is 20.5 Å². The van der Waals surface area contributed by atoms with Gasteiger partial charge in [-0.15, -0.1) is 0 Å². The van der Waals surface area contributed by atoms with E-state index in [1.807, 2.05) is 41.5 Å². The minimum absolute atomic E-state index is 0.0136. The van der Waals surface area contributed by atoms with Gasteiger partial charge >= 0.3 is 6.09 Å². The van der Waals surface area contributed by atoms with Crippen molar-refractivity contribution in [2.24, 2.45) is 5.41 Å². The van der Waals surface area contributed by atoms with Gasteiger partial charge in [-0.05, 0) is 60.8 Å². The molecular formula is C19H36N2O4S. The fraction of sp³-hybridized carbons (Fsp3) is 0.947. The summed E-state index contributed by atoms with van der Waals surface area (Å²) in [6.07, 6.45) is 2.27. The van der Waals surface area contributed by atoms with Gasteiger partial charge in [-0.3, -0.25) is 0 Å². The first kappa shape index (κ1) is 21.6. The van der Waals surface area contributed by atoms with E-state index in [1.165, 1.54) is 0 Å². The highest BCUT2D eigenvalue weighted by Gasteiger charge is 2.51. The molecule has 0 aliphatic carbocycles. The molecule has 0 aromatic carbocycles. The standard InChI is InChI=1S/C19H36N2O4S/c1-8-18(6,7)26(23)20-15-14(2)24-13-19(15)9-11-21(12-10-19)16(22)25-17(3,4)5/h14-15,20H,8-13H2,1-7H3. The van der Waals surface area contributed by atoms with Crippen molar-refractivity contribution in [3.05, 3.63) is 0 Å². The maximum Gasteiger partial charge on any atom is 0.410 e. The van der Waals surface area contributed by atoms with E-state index in [0.717, 1.165) is 19.3 Å². The van der Waals surface area contributed by atoms with Crippen molar-refractivity contribution in [3.8, 4) is 0 Å². The summed E-state index contributed by atoms with van der Waals surface area (Å²) in [6, 6.07) is 0.0370. The first-order valence-corrected chi connectivity index (χ1v) is 10.8. The number of rotatable bonds is 4. The second kappa shape index (κ2) is 7.76. The Morgan fingerprint density at radius 1 is 1.27 bits per heavy atom. The number of amides is 1. The van der Waals surface area contributed by atoms with E-state index >= 15 is 0 Å². The Labute approximate surface area is 161 Å². The van der Waals surface area contributed by atoms with Crippen molar-refractivity contribution in [1.29, 1.82) is 0 Å². The first-order chi connectivity index (χ1) is 11.9. The van der Waals surface area contributed by atoms with E-state index in [4.69, 9.17) is 9.47 Å². The van der Waals surface area contributed by atoms with Crippen LogP contribution in [0.3, 0.4) is 0 Å². The van der Waals surface area contributed by atoms with E-state index in [-0.39, 0.29) is 28.4 Å². The average Bonchev–Trinajstić information content (AvgIpc) is 2.83. The lowest BCUT2D eigenvalue weighted by molar-refractivity contribution is 0.00648. The van der Waals surface area contributed by atoms with Gasteiger partial charge in [0.2, 0.25) is 0 Å². The molecule has 0 radical (unpaired) electrons. The maximum atomic E-state index is 12.8. The Kier molecular flexibility index (Phi) is 6.46. The summed E-state index contributed by atoms with van der Waals surface area (Å²) >= 11 is 0. The van der Waals surface area contributed by atoms with Crippen LogP contribution in [0.4, 0.5) is 4.79 Å². The molecule has 7 heteroatoms. The largest absolute Gasteiger partial charge is 0.444 e. The van der Waals surface area contributed by atoms with E-state index in [0.29, 0.717) is 19.7 Å². The third-order valence-corrected chi connectivity index (χ3v) is 7.52. The van der Waals surface area contributed by atoms with Crippen LogP contribution in [0.5, 0.6) is 0 Å². The predicted octanol–water partition coefficient (Wildman–Crippen LogP) is 3.23. The lowest BCUT2D eigenvalue weighted by Gasteiger charge is -2.43. The molecule has 26 heavy (non-hydrogen) atoms. The second-order valence-electron chi connectivity index (χ2n) is 9.32. The quantitative estimate of drug-likeness (QED) is 0.803. The maximum absolute atomic E-state index is 12.8. The molecule has 1 spiro atoms. The molecule has 1 amide bonds. The lowest BCUT2D eigenvalue weighted by atomic mass is 9.73. The molecule has 152 valence electrons. The third kappa shape index (κ3) is 4.78. The van der Waals surface area contributed by atoms with Crippen LogP contribution in [0, 0.1) is 5.41 Å². The van der Waals surface area contributed by atoms with Crippen molar-refractivity contribution in [3.63, 3.8) is 0 Å². The number of ether oxygens (including phenoxy) is 2. The zero-order chi connectivity index (χ0) is 19.8. The summed E-state index contributed by atoms with van der Waals surface area (Å²) in [5.41, 5.74) is -0.554. The SMILES string of the molecule is CCC(C)(C)S(=O)NC1C(C)OCC12CCN(C(=O)OC(C)(C)C)CC2. The van der Waals surface area contributed by atoms with Crippen LogP contribution < -0.4 is 4.72 Å². The van der Waals surface area contributed by atoms with E-state index in [1.54, 1.807) is 4.90 Å². The van der Waals surface area contributed by atoms with Crippen molar-refractivity contribution in [1.82, 2.24) is 9.62 Å². The fourth-order valence-electron chi connectivity index (χ4n) is 3.52. The summed E-state index contributed by atoms with van der Waals surface area (Å²) in [6.45, 7) is 15.7. The van der Waals surface area contributed by atoms with Gasteiger partial charge in [0.05, 0.1) is 34.5 Å². The monoisotopic (exact) mass is 388 g/mol. The van der Waals surface area contributed by atoms with Gasteiger partial charge in [0.25, 0.3) is 0 Å². The molecule has 0 aromatic heterocycles. The Balaban J connectivity index is 2.03. The summed E-state index contributed by atoms with van der Waals surface area (Å²) in [5.74, 6) is 0. The van der Waals surface area contributed by atoms with E-state index in [2.05, 4.69) is 11.6 Å². The van der Waals surface area contributed by atoms with Gasteiger partial charge < -0.3 is 14.4 Å². The molecule has 2 aliphatic rings. The first-order valence-electron chi connectivity index (χ1n) is 9.68. The second-order valence-corrected chi connectivity index (χ2v) is 11.2. The lowest BCUT2D eigenvalue weighted by Crippen LogP contribution is -2.56. The van der Waals surface area contributed by atoms with Crippen molar-refractivity contribution >= 4 is 17.1 Å². The fourth-order valence-corrected chi connectivity index (χ4v) is 4.78. The Hall–Kier alpha value is -0.660. The number of carbonyl (C=O) groups is 1. The normalized spacial score (nSPS) is 27.6. The average molecular weight is 389 g/mol. The Morgan fingerprint density at radius 3 is 2.35 bits per heavy atom. The van der Waals surface area contributed by atoms with Gasteiger partial charge in [-0.25, -0.2) is 13.7 Å². The Bertz CT molecular complexity index is 536. The smallest absolute Gasteiger partial charge is 0.410 e. The molecule has 2 rings (SSSR count). The van der Waals surface area contributed by atoms with Gasteiger partial charge in [0.1, 0.15) is 5.60 Å². The molecule has 0 bridgehead atoms. The van der Waals surface area contributed by atoms with Crippen LogP contribution >= 0.6 is 0 Å². The van der Waals surface area contributed by atoms with Gasteiger partial charge in [-0.1, -0.05) is 6.92 Å². The van der Waals surface area contributed by atoms with Gasteiger partial charge in [0, 0.05) is 18.5 Å². The highest BCUT2D eigenvalue weighted by Crippen LogP contribution is 2.43. The number of carbonyl (C=O) groups excluding carboxylic acids is 1. The van der Waals surface area contributed by atoms with Gasteiger partial charge in [-0.2, -0.15) is 0 Å².